The van der Waals surface area contributed by atoms with Crippen molar-refractivity contribution in [1.82, 2.24) is 14.7 Å². The number of likely N-dealkylation sites (tertiary alicyclic amines) is 1. The summed E-state index contributed by atoms with van der Waals surface area (Å²) >= 11 is 0. The van der Waals surface area contributed by atoms with Crippen molar-refractivity contribution in [3.63, 3.8) is 0 Å². The van der Waals surface area contributed by atoms with E-state index in [2.05, 4.69) is 11.0 Å². The van der Waals surface area contributed by atoms with Crippen LogP contribution < -0.4 is 0 Å². The van der Waals surface area contributed by atoms with Crippen LogP contribution in [0.3, 0.4) is 0 Å². The molecule has 25 heavy (non-hydrogen) atoms. The molecule has 0 radical (unpaired) electrons. The molecule has 2 unspecified atom stereocenters. The van der Waals surface area contributed by atoms with Gasteiger partial charge in [0.2, 0.25) is 5.91 Å². The molecule has 0 spiro atoms. The summed E-state index contributed by atoms with van der Waals surface area (Å²) in [5.41, 5.74) is 1.01. The topological polar surface area (TPSA) is 70.8 Å². The van der Waals surface area contributed by atoms with Crippen molar-refractivity contribution < 1.29 is 9.90 Å². The number of piperazine rings is 1. The maximum Gasteiger partial charge on any atom is 0.236 e. The van der Waals surface area contributed by atoms with Crippen molar-refractivity contribution in [3.05, 3.63) is 35.9 Å². The highest BCUT2D eigenvalue weighted by molar-refractivity contribution is 5.78. The van der Waals surface area contributed by atoms with E-state index in [0.29, 0.717) is 39.3 Å². The van der Waals surface area contributed by atoms with Crippen molar-refractivity contribution in [2.75, 3.05) is 45.8 Å². The van der Waals surface area contributed by atoms with Gasteiger partial charge in [-0.05, 0) is 24.9 Å². The van der Waals surface area contributed by atoms with E-state index in [0.717, 1.165) is 24.9 Å². The van der Waals surface area contributed by atoms with Gasteiger partial charge >= 0.3 is 0 Å². The second kappa shape index (κ2) is 8.43. The number of nitrogens with zero attached hydrogens (tertiary/aromatic N) is 4. The van der Waals surface area contributed by atoms with Crippen LogP contribution in [0, 0.1) is 11.3 Å². The Morgan fingerprint density at radius 2 is 1.92 bits per heavy atom. The summed E-state index contributed by atoms with van der Waals surface area (Å²) in [6.45, 7) is 4.59. The molecule has 2 atom stereocenters. The molecule has 2 aliphatic rings. The summed E-state index contributed by atoms with van der Waals surface area (Å²) in [7, 11) is 0. The zero-order valence-corrected chi connectivity index (χ0v) is 14.5. The lowest BCUT2D eigenvalue weighted by atomic mass is 10.1. The summed E-state index contributed by atoms with van der Waals surface area (Å²) in [6, 6.07) is 11.9. The van der Waals surface area contributed by atoms with Crippen LogP contribution in [-0.4, -0.2) is 77.6 Å². The lowest BCUT2D eigenvalue weighted by Gasteiger charge is -2.38. The number of aliphatic hydroxyl groups is 1. The molecule has 0 aliphatic carbocycles. The fourth-order valence-electron chi connectivity index (χ4n) is 3.70. The van der Waals surface area contributed by atoms with Gasteiger partial charge in [0.05, 0.1) is 18.7 Å². The largest absolute Gasteiger partial charge is 0.392 e. The van der Waals surface area contributed by atoms with E-state index in [4.69, 9.17) is 0 Å². The van der Waals surface area contributed by atoms with Gasteiger partial charge in [0.1, 0.15) is 6.04 Å². The molecule has 6 heteroatoms. The molecule has 134 valence electrons. The Labute approximate surface area is 149 Å². The number of β-amino-alcohol motifs (C(OH)–C–C–N with tert-alkyl or cyclic N) is 1. The molecular weight excluding hydrogens is 316 g/mol. The number of piperidine rings is 1. The van der Waals surface area contributed by atoms with E-state index in [1.807, 2.05) is 40.1 Å². The minimum absolute atomic E-state index is 0.127. The number of nitriles is 1. The first-order valence-corrected chi connectivity index (χ1v) is 9.04. The summed E-state index contributed by atoms with van der Waals surface area (Å²) in [4.78, 5) is 18.6. The van der Waals surface area contributed by atoms with E-state index in [1.165, 1.54) is 0 Å². The first-order chi connectivity index (χ1) is 12.2. The number of amides is 1. The van der Waals surface area contributed by atoms with Gasteiger partial charge in [-0.25, -0.2) is 0 Å². The van der Waals surface area contributed by atoms with Crippen LogP contribution in [0.5, 0.6) is 0 Å². The highest BCUT2D eigenvalue weighted by Crippen LogP contribution is 2.21. The van der Waals surface area contributed by atoms with E-state index >= 15 is 0 Å². The zero-order valence-electron chi connectivity index (χ0n) is 14.5. The third-order valence-corrected chi connectivity index (χ3v) is 5.11. The molecule has 0 saturated carbocycles. The summed E-state index contributed by atoms with van der Waals surface area (Å²) in [5, 5.41) is 19.3. The molecule has 3 rings (SSSR count). The van der Waals surface area contributed by atoms with Gasteiger partial charge in [-0.15, -0.1) is 0 Å². The SMILES string of the molecule is N#CC(c1ccccc1)N1CCN(C(=O)CN2CCCC(O)C2)CC1. The first kappa shape index (κ1) is 17.9. The number of carbonyl (C=O) groups excluding carboxylic acids is 1. The van der Waals surface area contributed by atoms with Gasteiger partial charge < -0.3 is 10.0 Å². The quantitative estimate of drug-likeness (QED) is 0.878. The van der Waals surface area contributed by atoms with Gasteiger partial charge in [-0.1, -0.05) is 30.3 Å². The molecule has 1 amide bonds. The molecule has 2 heterocycles. The van der Waals surface area contributed by atoms with E-state index in [9.17, 15) is 15.2 Å². The highest BCUT2D eigenvalue weighted by Gasteiger charge is 2.28. The van der Waals surface area contributed by atoms with Gasteiger partial charge in [-0.3, -0.25) is 14.6 Å². The second-order valence-corrected chi connectivity index (χ2v) is 6.89. The lowest BCUT2D eigenvalue weighted by Crippen LogP contribution is -2.52. The molecule has 0 aromatic heterocycles. The van der Waals surface area contributed by atoms with Gasteiger partial charge in [0, 0.05) is 32.7 Å². The van der Waals surface area contributed by atoms with E-state index < -0.39 is 0 Å². The predicted molar refractivity (Wildman–Crippen MR) is 94.6 cm³/mol. The van der Waals surface area contributed by atoms with E-state index in [-0.39, 0.29) is 18.1 Å². The summed E-state index contributed by atoms with van der Waals surface area (Å²) in [6.07, 6.45) is 1.47. The Morgan fingerprint density at radius 1 is 1.20 bits per heavy atom. The van der Waals surface area contributed by atoms with Crippen LogP contribution >= 0.6 is 0 Å². The fraction of sp³-hybridized carbons (Fsp3) is 0.579. The smallest absolute Gasteiger partial charge is 0.236 e. The molecule has 1 aromatic rings. The van der Waals surface area contributed by atoms with Crippen LogP contribution in [0.4, 0.5) is 0 Å². The van der Waals surface area contributed by atoms with Crippen molar-refractivity contribution in [2.45, 2.75) is 25.0 Å². The van der Waals surface area contributed by atoms with Crippen molar-refractivity contribution in [1.29, 1.82) is 5.26 Å². The normalized spacial score (nSPS) is 23.8. The molecule has 1 aromatic carbocycles. The Bertz CT molecular complexity index is 608. The molecule has 2 fully saturated rings. The second-order valence-electron chi connectivity index (χ2n) is 6.89. The molecule has 6 nitrogen and oxygen atoms in total. The summed E-state index contributed by atoms with van der Waals surface area (Å²) < 4.78 is 0. The third kappa shape index (κ3) is 4.57. The fourth-order valence-corrected chi connectivity index (χ4v) is 3.70. The maximum atomic E-state index is 12.5. The predicted octanol–water partition coefficient (Wildman–Crippen LogP) is 0.852. The lowest BCUT2D eigenvalue weighted by molar-refractivity contribution is -0.135. The van der Waals surface area contributed by atoms with Crippen molar-refractivity contribution in [2.24, 2.45) is 0 Å². The number of rotatable bonds is 4. The number of carbonyl (C=O) groups is 1. The molecule has 2 aliphatic heterocycles. The number of aliphatic hydroxyl groups excluding tert-OH is 1. The maximum absolute atomic E-state index is 12.5. The highest BCUT2D eigenvalue weighted by atomic mass is 16.3. The molecule has 1 N–H and O–H groups in total. The van der Waals surface area contributed by atoms with Crippen LogP contribution in [0.15, 0.2) is 30.3 Å². The number of hydrogen-bond donors (Lipinski definition) is 1. The molecular formula is C19H26N4O2. The van der Waals surface area contributed by atoms with Gasteiger partial charge in [-0.2, -0.15) is 5.26 Å². The minimum Gasteiger partial charge on any atom is -0.392 e. The van der Waals surface area contributed by atoms with Crippen molar-refractivity contribution in [3.8, 4) is 6.07 Å². The van der Waals surface area contributed by atoms with Crippen LogP contribution in [-0.2, 0) is 4.79 Å². The average Bonchev–Trinajstić information content (AvgIpc) is 2.64. The monoisotopic (exact) mass is 342 g/mol. The zero-order chi connectivity index (χ0) is 17.6. The first-order valence-electron chi connectivity index (χ1n) is 9.04. The van der Waals surface area contributed by atoms with Crippen LogP contribution in [0.1, 0.15) is 24.4 Å². The average molecular weight is 342 g/mol. The Balaban J connectivity index is 1.51. The minimum atomic E-state index is -0.305. The van der Waals surface area contributed by atoms with Gasteiger partial charge in [0.15, 0.2) is 0 Å². The Morgan fingerprint density at radius 3 is 2.56 bits per heavy atom. The van der Waals surface area contributed by atoms with Crippen LogP contribution in [0.2, 0.25) is 0 Å². The number of benzene rings is 1. The summed E-state index contributed by atoms with van der Waals surface area (Å²) in [5.74, 6) is 0.127. The third-order valence-electron chi connectivity index (χ3n) is 5.11. The molecule has 2 saturated heterocycles. The van der Waals surface area contributed by atoms with Crippen molar-refractivity contribution >= 4 is 5.91 Å². The molecule has 0 bridgehead atoms. The van der Waals surface area contributed by atoms with Crippen LogP contribution in [0.25, 0.3) is 0 Å². The Hall–Kier alpha value is -1.94. The van der Waals surface area contributed by atoms with Gasteiger partial charge in [0.25, 0.3) is 0 Å². The Kier molecular flexibility index (Phi) is 6.03. The van der Waals surface area contributed by atoms with E-state index in [1.54, 1.807) is 0 Å². The number of hydrogen-bond acceptors (Lipinski definition) is 5. The standard InChI is InChI=1S/C19H26N4O2/c20-13-18(16-5-2-1-3-6-16)22-9-11-23(12-10-22)19(25)15-21-8-4-7-17(24)14-21/h1-3,5-6,17-18,24H,4,7-12,14-15H2.